The number of amides is 1. The SMILES string of the molecule is CCOC(=O)c1ccc(N2N=C(C)C3(Cc4ccc(Cl)cc4N4CCN(c5ccc(OC)cc5)CC43)C2=O)cc1. The summed E-state index contributed by atoms with van der Waals surface area (Å²) < 4.78 is 10.5. The van der Waals surface area contributed by atoms with Crippen molar-refractivity contribution in [3.63, 3.8) is 0 Å². The topological polar surface area (TPSA) is 74.7 Å². The van der Waals surface area contributed by atoms with Crippen molar-refractivity contribution in [2.45, 2.75) is 26.3 Å². The summed E-state index contributed by atoms with van der Waals surface area (Å²) in [6.07, 6.45) is 0.530. The first-order chi connectivity index (χ1) is 19.3. The maximum atomic E-state index is 14.5. The van der Waals surface area contributed by atoms with Crippen molar-refractivity contribution in [1.82, 2.24) is 0 Å². The van der Waals surface area contributed by atoms with E-state index in [4.69, 9.17) is 26.2 Å². The summed E-state index contributed by atoms with van der Waals surface area (Å²) in [4.78, 5) is 31.3. The van der Waals surface area contributed by atoms with Gasteiger partial charge in [-0.05, 0) is 86.5 Å². The zero-order chi connectivity index (χ0) is 28.0. The molecular formula is C31H31ClN4O4. The molecule has 3 aromatic rings. The number of nitrogens with zero attached hydrogens (tertiary/aromatic N) is 4. The zero-order valence-corrected chi connectivity index (χ0v) is 23.5. The van der Waals surface area contributed by atoms with Crippen LogP contribution in [0.5, 0.6) is 5.75 Å². The highest BCUT2D eigenvalue weighted by molar-refractivity contribution is 6.31. The molecule has 1 spiro atoms. The van der Waals surface area contributed by atoms with Gasteiger partial charge in [-0.25, -0.2) is 4.79 Å². The van der Waals surface area contributed by atoms with Gasteiger partial charge in [-0.1, -0.05) is 17.7 Å². The molecule has 2 unspecified atom stereocenters. The Morgan fingerprint density at radius 3 is 2.48 bits per heavy atom. The van der Waals surface area contributed by atoms with Crippen molar-refractivity contribution in [1.29, 1.82) is 0 Å². The summed E-state index contributed by atoms with van der Waals surface area (Å²) >= 11 is 6.45. The number of hydrogen-bond acceptors (Lipinski definition) is 7. The van der Waals surface area contributed by atoms with Crippen molar-refractivity contribution >= 4 is 46.3 Å². The van der Waals surface area contributed by atoms with E-state index in [1.165, 1.54) is 5.01 Å². The Balaban J connectivity index is 1.38. The van der Waals surface area contributed by atoms with E-state index >= 15 is 0 Å². The number of benzene rings is 3. The van der Waals surface area contributed by atoms with Crippen LogP contribution >= 0.6 is 11.6 Å². The monoisotopic (exact) mass is 558 g/mol. The summed E-state index contributed by atoms with van der Waals surface area (Å²) in [7, 11) is 1.66. The average Bonchev–Trinajstić information content (AvgIpc) is 3.23. The number of piperazine rings is 1. The number of esters is 1. The summed E-state index contributed by atoms with van der Waals surface area (Å²) in [6.45, 7) is 6.21. The second-order valence-electron chi connectivity index (χ2n) is 10.3. The van der Waals surface area contributed by atoms with Gasteiger partial charge in [0.25, 0.3) is 5.91 Å². The van der Waals surface area contributed by atoms with E-state index in [2.05, 4.69) is 21.9 Å². The average molecular weight is 559 g/mol. The number of hydrogen-bond donors (Lipinski definition) is 0. The molecule has 0 aliphatic carbocycles. The molecule has 1 fully saturated rings. The van der Waals surface area contributed by atoms with Gasteiger partial charge in [0.2, 0.25) is 0 Å². The number of carbonyl (C=O) groups is 2. The van der Waals surface area contributed by atoms with Gasteiger partial charge in [0, 0.05) is 36.0 Å². The molecule has 3 heterocycles. The molecule has 3 aliphatic rings. The molecule has 6 rings (SSSR count). The van der Waals surface area contributed by atoms with Crippen LogP contribution in [0.3, 0.4) is 0 Å². The Morgan fingerprint density at radius 2 is 1.77 bits per heavy atom. The molecule has 0 radical (unpaired) electrons. The molecular weight excluding hydrogens is 528 g/mol. The molecule has 2 atom stereocenters. The molecule has 40 heavy (non-hydrogen) atoms. The number of carbonyl (C=O) groups excluding carboxylic acids is 2. The van der Waals surface area contributed by atoms with E-state index in [-0.39, 0.29) is 11.9 Å². The van der Waals surface area contributed by atoms with Crippen LogP contribution in [-0.4, -0.2) is 57.0 Å². The maximum absolute atomic E-state index is 14.5. The lowest BCUT2D eigenvalue weighted by Crippen LogP contribution is -2.67. The summed E-state index contributed by atoms with van der Waals surface area (Å²) in [5, 5.41) is 7.00. The van der Waals surface area contributed by atoms with Gasteiger partial charge in [0.1, 0.15) is 11.2 Å². The van der Waals surface area contributed by atoms with Gasteiger partial charge in [-0.2, -0.15) is 10.1 Å². The van der Waals surface area contributed by atoms with E-state index in [1.807, 2.05) is 37.3 Å². The predicted octanol–water partition coefficient (Wildman–Crippen LogP) is 5.19. The fraction of sp³-hybridized carbons (Fsp3) is 0.323. The lowest BCUT2D eigenvalue weighted by atomic mass is 9.67. The van der Waals surface area contributed by atoms with Crippen LogP contribution in [0.1, 0.15) is 29.8 Å². The third kappa shape index (κ3) is 4.18. The van der Waals surface area contributed by atoms with Gasteiger partial charge in [0.05, 0.1) is 36.7 Å². The van der Waals surface area contributed by atoms with Crippen molar-refractivity contribution in [3.8, 4) is 5.75 Å². The van der Waals surface area contributed by atoms with Gasteiger partial charge in [-0.15, -0.1) is 0 Å². The third-order valence-corrected chi connectivity index (χ3v) is 8.54. The van der Waals surface area contributed by atoms with Crippen LogP contribution in [-0.2, 0) is 16.0 Å². The fourth-order valence-corrected chi connectivity index (χ4v) is 6.40. The minimum Gasteiger partial charge on any atom is -0.497 e. The minimum atomic E-state index is -0.855. The van der Waals surface area contributed by atoms with E-state index < -0.39 is 11.4 Å². The molecule has 0 aromatic heterocycles. The van der Waals surface area contributed by atoms with Crippen LogP contribution in [0.4, 0.5) is 17.1 Å². The third-order valence-electron chi connectivity index (χ3n) is 8.31. The first kappa shape index (κ1) is 26.2. The Hall–Kier alpha value is -4.04. The molecule has 0 N–H and O–H groups in total. The first-order valence-corrected chi connectivity index (χ1v) is 13.8. The highest BCUT2D eigenvalue weighted by Gasteiger charge is 2.60. The van der Waals surface area contributed by atoms with Gasteiger partial charge in [-0.3, -0.25) is 4.79 Å². The highest BCUT2D eigenvalue weighted by Crippen LogP contribution is 2.49. The van der Waals surface area contributed by atoms with E-state index in [0.717, 1.165) is 41.5 Å². The first-order valence-electron chi connectivity index (χ1n) is 13.5. The largest absolute Gasteiger partial charge is 0.497 e. The van der Waals surface area contributed by atoms with Crippen LogP contribution in [0.2, 0.25) is 5.02 Å². The fourth-order valence-electron chi connectivity index (χ4n) is 6.24. The van der Waals surface area contributed by atoms with Crippen LogP contribution in [0.15, 0.2) is 71.8 Å². The van der Waals surface area contributed by atoms with Gasteiger partial charge in [0.15, 0.2) is 0 Å². The normalized spacial score (nSPS) is 21.7. The molecule has 0 saturated carbocycles. The lowest BCUT2D eigenvalue weighted by molar-refractivity contribution is -0.125. The Labute approximate surface area is 238 Å². The zero-order valence-electron chi connectivity index (χ0n) is 22.8. The Bertz CT molecular complexity index is 1490. The van der Waals surface area contributed by atoms with Gasteiger partial charge < -0.3 is 19.3 Å². The molecule has 0 bridgehead atoms. The smallest absolute Gasteiger partial charge is 0.338 e. The number of methoxy groups -OCH3 is 1. The molecule has 9 heteroatoms. The van der Waals surface area contributed by atoms with Crippen LogP contribution < -0.4 is 19.5 Å². The summed E-state index contributed by atoms with van der Waals surface area (Å²) in [5.41, 5.74) is 4.22. The molecule has 3 aromatic carbocycles. The van der Waals surface area contributed by atoms with E-state index in [0.29, 0.717) is 35.8 Å². The van der Waals surface area contributed by atoms with Gasteiger partial charge >= 0.3 is 5.97 Å². The minimum absolute atomic E-state index is 0.0685. The number of rotatable bonds is 5. The number of halogens is 1. The van der Waals surface area contributed by atoms with E-state index in [1.54, 1.807) is 38.3 Å². The molecule has 3 aliphatic heterocycles. The Morgan fingerprint density at radius 1 is 1.05 bits per heavy atom. The second-order valence-corrected chi connectivity index (χ2v) is 10.8. The Kier molecular flexibility index (Phi) is 6.66. The number of hydrazone groups is 1. The van der Waals surface area contributed by atoms with Crippen LogP contribution in [0.25, 0.3) is 0 Å². The second kappa shape index (κ2) is 10.2. The van der Waals surface area contributed by atoms with Crippen molar-refractivity contribution in [2.75, 3.05) is 48.2 Å². The predicted molar refractivity (Wildman–Crippen MR) is 157 cm³/mol. The molecule has 8 nitrogen and oxygen atoms in total. The summed E-state index contributed by atoms with van der Waals surface area (Å²) in [5.74, 6) is 0.344. The van der Waals surface area contributed by atoms with Crippen molar-refractivity contribution in [2.24, 2.45) is 10.5 Å². The lowest BCUT2D eigenvalue weighted by Gasteiger charge is -2.53. The summed E-state index contributed by atoms with van der Waals surface area (Å²) in [6, 6.07) is 20.7. The quantitative estimate of drug-likeness (QED) is 0.401. The van der Waals surface area contributed by atoms with Crippen molar-refractivity contribution < 1.29 is 19.1 Å². The number of fused-ring (bicyclic) bond motifs is 4. The highest BCUT2D eigenvalue weighted by atomic mass is 35.5. The maximum Gasteiger partial charge on any atom is 0.338 e. The standard InChI is InChI=1S/C31H31ClN4O4/c1-4-40-29(37)21-6-9-25(10-7-21)36-30(38)31(20(2)33-36)18-22-5-8-23(32)17-27(22)35-16-15-34(19-28(31)35)24-11-13-26(39-3)14-12-24/h5-14,17,28H,4,15-16,18-19H2,1-3H3. The molecule has 1 saturated heterocycles. The molecule has 1 amide bonds. The van der Waals surface area contributed by atoms with Crippen LogP contribution in [0, 0.1) is 5.41 Å². The number of ether oxygens (including phenoxy) is 2. The number of anilines is 3. The van der Waals surface area contributed by atoms with E-state index in [9.17, 15) is 9.59 Å². The molecule has 206 valence electrons. The van der Waals surface area contributed by atoms with Crippen molar-refractivity contribution in [3.05, 3.63) is 82.9 Å².